The molecule has 0 unspecified atom stereocenters. The molecule has 1 aliphatic heterocycles. The van der Waals surface area contributed by atoms with Crippen LogP contribution in [0, 0.1) is 0 Å². The van der Waals surface area contributed by atoms with E-state index < -0.39 is 0 Å². The molecule has 146 valence electrons. The van der Waals surface area contributed by atoms with Gasteiger partial charge in [-0.1, -0.05) is 29.5 Å². The Hall–Kier alpha value is -3.91. The molecule has 0 saturated heterocycles. The topological polar surface area (TPSA) is 92.2 Å². The molecule has 1 amide bonds. The largest absolute Gasteiger partial charge is 0.330 e. The van der Waals surface area contributed by atoms with Gasteiger partial charge in [0.2, 0.25) is 5.13 Å². The number of nitrogens with one attached hydrogen (secondary N) is 2. The summed E-state index contributed by atoms with van der Waals surface area (Å²) in [5.41, 5.74) is 5.37. The second-order valence-electron chi connectivity index (χ2n) is 6.70. The van der Waals surface area contributed by atoms with Crippen LogP contribution in [-0.4, -0.2) is 27.3 Å². The third-order valence-electron chi connectivity index (χ3n) is 4.61. The number of aliphatic imine (C=N–C) groups is 1. The predicted octanol–water partition coefficient (Wildman–Crippen LogP) is 4.53. The van der Waals surface area contributed by atoms with Gasteiger partial charge in [-0.25, -0.2) is 0 Å². The van der Waals surface area contributed by atoms with Crippen LogP contribution in [0.5, 0.6) is 0 Å². The first-order chi connectivity index (χ1) is 14.7. The van der Waals surface area contributed by atoms with Crippen molar-refractivity contribution >= 4 is 40.0 Å². The molecule has 0 aliphatic carbocycles. The summed E-state index contributed by atoms with van der Waals surface area (Å²) in [7, 11) is 0. The van der Waals surface area contributed by atoms with Crippen LogP contribution < -0.4 is 10.6 Å². The number of pyridine rings is 1. The number of carbonyl (C=O) groups is 1. The molecule has 1 aliphatic rings. The third kappa shape index (κ3) is 3.81. The second-order valence-corrected chi connectivity index (χ2v) is 7.67. The van der Waals surface area contributed by atoms with E-state index in [1.807, 2.05) is 36.5 Å². The van der Waals surface area contributed by atoms with E-state index in [1.165, 1.54) is 23.1 Å². The van der Waals surface area contributed by atoms with Gasteiger partial charge >= 0.3 is 0 Å². The molecular weight excluding hydrogens is 396 g/mol. The van der Waals surface area contributed by atoms with Gasteiger partial charge in [0.05, 0.1) is 12.1 Å². The third-order valence-corrected chi connectivity index (χ3v) is 5.49. The highest BCUT2D eigenvalue weighted by Gasteiger charge is 2.11. The number of rotatable bonds is 5. The number of hydrogen-bond donors (Lipinski definition) is 2. The zero-order valence-corrected chi connectivity index (χ0v) is 16.6. The number of carbonyl (C=O) groups excluding carboxylic acids is 1. The van der Waals surface area contributed by atoms with Crippen molar-refractivity contribution in [2.45, 2.75) is 6.54 Å². The van der Waals surface area contributed by atoms with Gasteiger partial charge in [0.25, 0.3) is 5.91 Å². The molecule has 2 N–H and O–H groups in total. The van der Waals surface area contributed by atoms with E-state index in [0.717, 1.165) is 28.4 Å². The molecule has 0 spiro atoms. The Labute approximate surface area is 176 Å². The lowest BCUT2D eigenvalue weighted by Crippen LogP contribution is -2.11. The molecule has 0 fully saturated rings. The molecular formula is C22H16N6OS. The average Bonchev–Trinajstić information content (AvgIpc) is 3.44. The van der Waals surface area contributed by atoms with Crippen molar-refractivity contribution in [2.75, 3.05) is 10.6 Å². The van der Waals surface area contributed by atoms with Crippen molar-refractivity contribution in [3.05, 3.63) is 83.7 Å². The Bertz CT molecular complexity index is 1250. The number of fused-ring (bicyclic) bond motifs is 1. The fourth-order valence-corrected chi connectivity index (χ4v) is 3.88. The van der Waals surface area contributed by atoms with Crippen molar-refractivity contribution in [3.8, 4) is 10.6 Å². The van der Waals surface area contributed by atoms with Gasteiger partial charge in [0.1, 0.15) is 5.01 Å². The maximum atomic E-state index is 12.4. The summed E-state index contributed by atoms with van der Waals surface area (Å²) in [6, 6.07) is 17.1. The Morgan fingerprint density at radius 1 is 1.00 bits per heavy atom. The van der Waals surface area contributed by atoms with Gasteiger partial charge < -0.3 is 10.6 Å². The van der Waals surface area contributed by atoms with Crippen molar-refractivity contribution in [1.82, 2.24) is 15.2 Å². The monoisotopic (exact) mass is 412 g/mol. The smallest absolute Gasteiger partial charge is 0.257 e. The van der Waals surface area contributed by atoms with E-state index in [1.54, 1.807) is 18.3 Å². The molecule has 0 radical (unpaired) electrons. The Morgan fingerprint density at radius 3 is 2.87 bits per heavy atom. The first-order valence-corrected chi connectivity index (χ1v) is 10.1. The summed E-state index contributed by atoms with van der Waals surface area (Å²) in [6.07, 6.45) is 5.05. The molecule has 5 rings (SSSR count). The molecule has 2 aromatic heterocycles. The summed E-state index contributed by atoms with van der Waals surface area (Å²) in [5, 5.41) is 16.2. The summed E-state index contributed by atoms with van der Waals surface area (Å²) in [5.74, 6) is -0.208. The Morgan fingerprint density at radius 2 is 1.97 bits per heavy atom. The van der Waals surface area contributed by atoms with E-state index >= 15 is 0 Å². The predicted molar refractivity (Wildman–Crippen MR) is 119 cm³/mol. The highest BCUT2D eigenvalue weighted by Crippen LogP contribution is 2.30. The van der Waals surface area contributed by atoms with Crippen LogP contribution >= 0.6 is 11.3 Å². The van der Waals surface area contributed by atoms with Crippen LogP contribution in [0.3, 0.4) is 0 Å². The van der Waals surface area contributed by atoms with Crippen LogP contribution in [-0.2, 0) is 6.54 Å². The summed E-state index contributed by atoms with van der Waals surface area (Å²) >= 11 is 1.45. The van der Waals surface area contributed by atoms with E-state index in [9.17, 15) is 4.79 Å². The number of amides is 1. The van der Waals surface area contributed by atoms with Gasteiger partial charge in [0.15, 0.2) is 0 Å². The number of aromatic nitrogens is 3. The lowest BCUT2D eigenvalue weighted by Gasteiger charge is -2.06. The molecule has 0 saturated carbocycles. The minimum atomic E-state index is -0.208. The van der Waals surface area contributed by atoms with Crippen LogP contribution in [0.2, 0.25) is 0 Å². The molecule has 8 heteroatoms. The molecule has 4 aromatic rings. The first kappa shape index (κ1) is 18.1. The van der Waals surface area contributed by atoms with Crippen molar-refractivity contribution in [1.29, 1.82) is 0 Å². The van der Waals surface area contributed by atoms with Crippen molar-refractivity contribution in [2.24, 2.45) is 4.99 Å². The van der Waals surface area contributed by atoms with E-state index in [-0.39, 0.29) is 5.91 Å². The van der Waals surface area contributed by atoms with Crippen LogP contribution in [0.4, 0.5) is 16.5 Å². The number of anilines is 3. The van der Waals surface area contributed by atoms with Gasteiger partial charge in [-0.15, -0.1) is 10.2 Å². The van der Waals surface area contributed by atoms with Crippen LogP contribution in [0.25, 0.3) is 10.6 Å². The lowest BCUT2D eigenvalue weighted by molar-refractivity contribution is 0.102. The number of benzene rings is 2. The van der Waals surface area contributed by atoms with Gasteiger partial charge in [0, 0.05) is 35.5 Å². The fraction of sp³-hybridized carbons (Fsp3) is 0.0455. The molecule has 0 bridgehead atoms. The highest BCUT2D eigenvalue weighted by atomic mass is 32.1. The van der Waals surface area contributed by atoms with Gasteiger partial charge in [-0.05, 0) is 47.5 Å². The zero-order valence-electron chi connectivity index (χ0n) is 15.7. The molecule has 2 aromatic carbocycles. The van der Waals surface area contributed by atoms with Gasteiger partial charge in [-0.2, -0.15) is 0 Å². The fourth-order valence-electron chi connectivity index (χ4n) is 3.12. The summed E-state index contributed by atoms with van der Waals surface area (Å²) in [6.45, 7) is 0.742. The lowest BCUT2D eigenvalue weighted by atomic mass is 10.1. The zero-order chi connectivity index (χ0) is 20.3. The van der Waals surface area contributed by atoms with Crippen LogP contribution in [0.1, 0.15) is 21.5 Å². The summed E-state index contributed by atoms with van der Waals surface area (Å²) in [4.78, 5) is 20.6. The molecule has 7 nitrogen and oxygen atoms in total. The van der Waals surface area contributed by atoms with Crippen LogP contribution in [0.15, 0.2) is 72.0 Å². The second kappa shape index (κ2) is 7.84. The highest BCUT2D eigenvalue weighted by molar-refractivity contribution is 7.18. The quantitative estimate of drug-likeness (QED) is 0.502. The van der Waals surface area contributed by atoms with Gasteiger partial charge in [-0.3, -0.25) is 14.8 Å². The summed E-state index contributed by atoms with van der Waals surface area (Å²) < 4.78 is 0. The standard InChI is InChI=1S/C22H16N6OS/c29-20(16-4-2-8-23-12-16)25-18-5-1-3-14(9-18)21-27-28-22(30-21)26-19-7-6-15-11-24-13-17(15)10-19/h1-10,12-13H,11H2,(H,25,29)(H,26,28). The van der Waals surface area contributed by atoms with Crippen molar-refractivity contribution in [3.63, 3.8) is 0 Å². The minimum Gasteiger partial charge on any atom is -0.330 e. The Kier molecular flexibility index (Phi) is 4.74. The number of nitrogens with zero attached hydrogens (tertiary/aromatic N) is 4. The maximum absolute atomic E-state index is 12.4. The maximum Gasteiger partial charge on any atom is 0.257 e. The first-order valence-electron chi connectivity index (χ1n) is 9.30. The van der Waals surface area contributed by atoms with E-state index in [0.29, 0.717) is 16.4 Å². The average molecular weight is 412 g/mol. The number of hydrogen-bond acceptors (Lipinski definition) is 7. The minimum absolute atomic E-state index is 0.208. The SMILES string of the molecule is O=C(Nc1cccc(-c2nnc(Nc3ccc4c(c3)C=NC4)s2)c1)c1cccnc1. The Balaban J connectivity index is 1.32. The molecule has 0 atom stereocenters. The molecule has 30 heavy (non-hydrogen) atoms. The van der Waals surface area contributed by atoms with E-state index in [4.69, 9.17) is 0 Å². The van der Waals surface area contributed by atoms with Crippen molar-refractivity contribution < 1.29 is 4.79 Å². The molecule has 3 heterocycles. The normalized spacial score (nSPS) is 11.9. The van der Waals surface area contributed by atoms with E-state index in [2.05, 4.69) is 42.9 Å².